The van der Waals surface area contributed by atoms with E-state index in [9.17, 15) is 4.79 Å². The Hall–Kier alpha value is -0.630. The molecule has 1 unspecified atom stereocenters. The van der Waals surface area contributed by atoms with E-state index < -0.39 is 0 Å². The number of aldehydes is 1. The van der Waals surface area contributed by atoms with Gasteiger partial charge < -0.3 is 5.11 Å². The van der Waals surface area contributed by atoms with Crippen LogP contribution in [0.3, 0.4) is 0 Å². The van der Waals surface area contributed by atoms with Crippen molar-refractivity contribution in [3.63, 3.8) is 0 Å². The van der Waals surface area contributed by atoms with Crippen LogP contribution in [-0.4, -0.2) is 18.0 Å². The zero-order valence-electron chi connectivity index (χ0n) is 12.7. The molecular weight excluding hydrogens is 224 g/mol. The molecule has 0 heterocycles. The van der Waals surface area contributed by atoms with Crippen LogP contribution in [-0.2, 0) is 4.79 Å². The summed E-state index contributed by atoms with van der Waals surface area (Å²) in [5.41, 5.74) is 0.928. The van der Waals surface area contributed by atoms with Crippen molar-refractivity contribution in [2.45, 2.75) is 72.6 Å². The third kappa shape index (κ3) is 13.4. The summed E-state index contributed by atoms with van der Waals surface area (Å²) < 4.78 is 0. The Kier molecular flexibility index (Phi) is 17.9. The number of rotatable bonds is 9. The Morgan fingerprint density at radius 3 is 2.17 bits per heavy atom. The first kappa shape index (κ1) is 19.7. The summed E-state index contributed by atoms with van der Waals surface area (Å²) in [6.07, 6.45) is 10.8. The molecule has 0 aromatic heterocycles. The third-order valence-corrected chi connectivity index (χ3v) is 3.06. The maximum absolute atomic E-state index is 10.2. The van der Waals surface area contributed by atoms with Crippen molar-refractivity contribution in [2.75, 3.05) is 6.61 Å². The maximum Gasteiger partial charge on any atom is 0.145 e. The number of aliphatic hydroxyl groups is 1. The lowest BCUT2D eigenvalue weighted by atomic mass is 10.0. The number of carbonyl (C=O) groups excluding carboxylic acids is 1. The van der Waals surface area contributed by atoms with Crippen LogP contribution < -0.4 is 0 Å². The van der Waals surface area contributed by atoms with E-state index in [-0.39, 0.29) is 0 Å². The normalized spacial score (nSPS) is 12.6. The van der Waals surface area contributed by atoms with Crippen molar-refractivity contribution in [3.8, 4) is 0 Å². The molecule has 108 valence electrons. The standard InChI is InChI=1S/C8H18O.C8H14O/c2*1-3-5-6-8(4-2)7-9/h8-9H,3-7H2,1-2H3;6-7H,3-5H2,1-2H3. The summed E-state index contributed by atoms with van der Waals surface area (Å²) in [5, 5.41) is 8.75. The van der Waals surface area contributed by atoms with Crippen molar-refractivity contribution >= 4 is 6.29 Å². The van der Waals surface area contributed by atoms with Gasteiger partial charge in [0.2, 0.25) is 0 Å². The fourth-order valence-corrected chi connectivity index (χ4v) is 1.52. The molecular formula is C16H32O2. The van der Waals surface area contributed by atoms with Crippen molar-refractivity contribution in [3.05, 3.63) is 11.6 Å². The van der Waals surface area contributed by atoms with Gasteiger partial charge in [0.1, 0.15) is 6.29 Å². The number of carbonyl (C=O) groups is 1. The topological polar surface area (TPSA) is 37.3 Å². The van der Waals surface area contributed by atoms with E-state index in [1.54, 1.807) is 0 Å². The Bertz CT molecular complexity index is 193. The zero-order chi connectivity index (χ0) is 14.2. The van der Waals surface area contributed by atoms with Crippen LogP contribution in [0.25, 0.3) is 0 Å². The largest absolute Gasteiger partial charge is 0.396 e. The molecule has 0 amide bonds. The number of aliphatic hydroxyl groups excluding tert-OH is 1. The van der Waals surface area contributed by atoms with Gasteiger partial charge in [-0.2, -0.15) is 0 Å². The molecule has 0 aromatic rings. The summed E-state index contributed by atoms with van der Waals surface area (Å²) in [4.78, 5) is 10.2. The first-order valence-electron chi connectivity index (χ1n) is 7.44. The molecule has 0 aromatic carbocycles. The van der Waals surface area contributed by atoms with Gasteiger partial charge in [0.25, 0.3) is 0 Å². The van der Waals surface area contributed by atoms with Crippen molar-refractivity contribution in [1.29, 1.82) is 0 Å². The van der Waals surface area contributed by atoms with E-state index in [2.05, 4.69) is 20.8 Å². The Labute approximate surface area is 113 Å². The highest BCUT2D eigenvalue weighted by atomic mass is 16.3. The molecule has 0 spiro atoms. The van der Waals surface area contributed by atoms with E-state index >= 15 is 0 Å². The van der Waals surface area contributed by atoms with E-state index in [1.165, 1.54) is 19.3 Å². The van der Waals surface area contributed by atoms with Gasteiger partial charge in [-0.3, -0.25) is 4.79 Å². The molecule has 1 N–H and O–H groups in total. The van der Waals surface area contributed by atoms with E-state index in [0.717, 1.165) is 37.5 Å². The zero-order valence-corrected chi connectivity index (χ0v) is 12.7. The second-order valence-electron chi connectivity index (χ2n) is 4.64. The average Bonchev–Trinajstić information content (AvgIpc) is 2.42. The highest BCUT2D eigenvalue weighted by molar-refractivity contribution is 5.72. The predicted molar refractivity (Wildman–Crippen MR) is 79.7 cm³/mol. The van der Waals surface area contributed by atoms with Gasteiger partial charge in [-0.15, -0.1) is 0 Å². The summed E-state index contributed by atoms with van der Waals surface area (Å²) in [7, 11) is 0. The monoisotopic (exact) mass is 256 g/mol. The molecule has 1 atom stereocenters. The van der Waals surface area contributed by atoms with Gasteiger partial charge in [-0.05, 0) is 30.8 Å². The van der Waals surface area contributed by atoms with E-state index in [1.807, 2.05) is 13.0 Å². The van der Waals surface area contributed by atoms with Gasteiger partial charge in [0.05, 0.1) is 0 Å². The third-order valence-electron chi connectivity index (χ3n) is 3.06. The van der Waals surface area contributed by atoms with Crippen LogP contribution in [0.15, 0.2) is 11.6 Å². The molecule has 0 saturated carbocycles. The van der Waals surface area contributed by atoms with E-state index in [0.29, 0.717) is 12.5 Å². The first-order valence-corrected chi connectivity index (χ1v) is 7.44. The SMILES string of the molecule is CCCC=C(C=O)CC.CCCCC(CC)CO. The Balaban J connectivity index is 0. The summed E-state index contributed by atoms with van der Waals surface area (Å²) >= 11 is 0. The smallest absolute Gasteiger partial charge is 0.145 e. The molecule has 0 fully saturated rings. The first-order chi connectivity index (χ1) is 8.69. The lowest BCUT2D eigenvalue weighted by molar-refractivity contribution is -0.105. The molecule has 0 aliphatic rings. The minimum absolute atomic E-state index is 0.372. The van der Waals surface area contributed by atoms with E-state index in [4.69, 9.17) is 5.11 Å². The fraction of sp³-hybridized carbons (Fsp3) is 0.812. The van der Waals surface area contributed by atoms with Crippen molar-refractivity contribution in [1.82, 2.24) is 0 Å². The van der Waals surface area contributed by atoms with Crippen LogP contribution >= 0.6 is 0 Å². The molecule has 0 rings (SSSR count). The predicted octanol–water partition coefficient (Wildman–Crippen LogP) is 4.52. The lowest BCUT2D eigenvalue weighted by Gasteiger charge is -2.08. The Morgan fingerprint density at radius 1 is 1.17 bits per heavy atom. The van der Waals surface area contributed by atoms with Crippen molar-refractivity contribution in [2.24, 2.45) is 5.92 Å². The molecule has 0 aliphatic carbocycles. The molecule has 0 radical (unpaired) electrons. The molecule has 0 aliphatic heterocycles. The highest BCUT2D eigenvalue weighted by Gasteiger charge is 2.01. The lowest BCUT2D eigenvalue weighted by Crippen LogP contribution is -2.03. The number of hydrogen-bond acceptors (Lipinski definition) is 2. The quantitative estimate of drug-likeness (QED) is 0.486. The maximum atomic E-state index is 10.2. The van der Waals surface area contributed by atoms with Gasteiger partial charge in [0.15, 0.2) is 0 Å². The summed E-state index contributed by atoms with van der Waals surface area (Å²) in [6.45, 7) is 8.79. The number of hydrogen-bond donors (Lipinski definition) is 1. The molecule has 2 nitrogen and oxygen atoms in total. The Morgan fingerprint density at radius 2 is 1.83 bits per heavy atom. The van der Waals surface area contributed by atoms with Crippen LogP contribution in [0.4, 0.5) is 0 Å². The molecule has 0 saturated heterocycles. The van der Waals surface area contributed by atoms with Gasteiger partial charge >= 0.3 is 0 Å². The number of allylic oxidation sites excluding steroid dienone is 2. The summed E-state index contributed by atoms with van der Waals surface area (Å²) in [5.74, 6) is 0.560. The van der Waals surface area contributed by atoms with Gasteiger partial charge in [-0.1, -0.05) is 59.5 Å². The van der Waals surface area contributed by atoms with Gasteiger partial charge in [-0.25, -0.2) is 0 Å². The minimum atomic E-state index is 0.372. The molecule has 18 heavy (non-hydrogen) atoms. The molecule has 0 bridgehead atoms. The minimum Gasteiger partial charge on any atom is -0.396 e. The van der Waals surface area contributed by atoms with Gasteiger partial charge in [0, 0.05) is 6.61 Å². The highest BCUT2D eigenvalue weighted by Crippen LogP contribution is 2.10. The van der Waals surface area contributed by atoms with Crippen LogP contribution in [0, 0.1) is 5.92 Å². The molecule has 2 heteroatoms. The van der Waals surface area contributed by atoms with Crippen LogP contribution in [0.2, 0.25) is 0 Å². The fourth-order valence-electron chi connectivity index (χ4n) is 1.52. The van der Waals surface area contributed by atoms with Crippen LogP contribution in [0.5, 0.6) is 0 Å². The van der Waals surface area contributed by atoms with Crippen molar-refractivity contribution < 1.29 is 9.90 Å². The second kappa shape index (κ2) is 16.4. The number of unbranched alkanes of at least 4 members (excludes halogenated alkanes) is 2. The van der Waals surface area contributed by atoms with Crippen LogP contribution in [0.1, 0.15) is 72.6 Å². The second-order valence-corrected chi connectivity index (χ2v) is 4.64. The summed E-state index contributed by atoms with van der Waals surface area (Å²) in [6, 6.07) is 0. The average molecular weight is 256 g/mol.